The van der Waals surface area contributed by atoms with Crippen LogP contribution in [0.1, 0.15) is 5.76 Å². The molecule has 0 aliphatic carbocycles. The number of nitrogens with zero attached hydrogens (tertiary/aromatic N) is 2. The van der Waals surface area contributed by atoms with Crippen LogP contribution in [0.25, 0.3) is 0 Å². The average Bonchev–Trinajstić information content (AvgIpc) is 2.76. The first-order chi connectivity index (χ1) is 8.65. The van der Waals surface area contributed by atoms with E-state index in [1.807, 2.05) is 0 Å². The maximum atomic E-state index is 11.5. The fraction of sp³-hybridized carbons (Fsp3) is 0.0909. The lowest BCUT2D eigenvalue weighted by Gasteiger charge is -2.03. The van der Waals surface area contributed by atoms with Gasteiger partial charge in [0.05, 0.1) is 11.9 Å². The molecule has 0 aliphatic heterocycles. The van der Waals surface area contributed by atoms with Crippen molar-refractivity contribution in [2.24, 2.45) is 0 Å². The Bertz CT molecular complexity index is 565. The predicted octanol–water partition coefficient (Wildman–Crippen LogP) is 0.955. The van der Waals surface area contributed by atoms with Gasteiger partial charge in [-0.1, -0.05) is 5.16 Å². The zero-order chi connectivity index (χ0) is 13.0. The van der Waals surface area contributed by atoms with Crippen molar-refractivity contribution in [3.05, 3.63) is 36.4 Å². The Hall–Kier alpha value is -2.70. The van der Waals surface area contributed by atoms with Crippen LogP contribution in [-0.2, 0) is 9.59 Å². The van der Waals surface area contributed by atoms with Crippen molar-refractivity contribution in [1.29, 1.82) is 0 Å². The monoisotopic (exact) mass is 246 g/mol. The minimum atomic E-state index is -0.827. The third-order valence-corrected chi connectivity index (χ3v) is 2.00. The van der Waals surface area contributed by atoms with Crippen LogP contribution in [0.5, 0.6) is 0 Å². The molecule has 0 spiro atoms. The molecule has 0 unspecified atom stereocenters. The highest BCUT2D eigenvalue weighted by Gasteiger charge is 2.15. The molecular weight excluding hydrogens is 236 g/mol. The molecule has 0 aromatic carbocycles. The fourth-order valence-corrected chi connectivity index (χ4v) is 1.22. The van der Waals surface area contributed by atoms with E-state index in [-0.39, 0.29) is 5.82 Å². The van der Waals surface area contributed by atoms with Crippen LogP contribution in [0, 0.1) is 6.92 Å². The summed E-state index contributed by atoms with van der Waals surface area (Å²) >= 11 is 0. The molecule has 7 nitrogen and oxygen atoms in total. The minimum Gasteiger partial charge on any atom is -0.360 e. The topological polar surface area (TPSA) is 97.1 Å². The van der Waals surface area contributed by atoms with E-state index in [9.17, 15) is 9.59 Å². The van der Waals surface area contributed by atoms with Gasteiger partial charge in [0.25, 0.3) is 0 Å². The lowest BCUT2D eigenvalue weighted by atomic mass is 10.4. The molecule has 0 radical (unpaired) electrons. The third kappa shape index (κ3) is 2.91. The Morgan fingerprint density at radius 3 is 2.67 bits per heavy atom. The molecule has 0 aliphatic rings. The predicted molar refractivity (Wildman–Crippen MR) is 62.7 cm³/mol. The normalized spacial score (nSPS) is 9.83. The van der Waals surface area contributed by atoms with Gasteiger partial charge in [-0.25, -0.2) is 0 Å². The van der Waals surface area contributed by atoms with E-state index in [4.69, 9.17) is 4.52 Å². The Morgan fingerprint density at radius 1 is 1.28 bits per heavy atom. The van der Waals surface area contributed by atoms with Crippen LogP contribution in [-0.4, -0.2) is 22.0 Å². The lowest BCUT2D eigenvalue weighted by molar-refractivity contribution is -0.133. The number of amides is 2. The smallest absolute Gasteiger partial charge is 0.315 e. The Balaban J connectivity index is 1.95. The number of carbonyl (C=O) groups is 2. The van der Waals surface area contributed by atoms with Crippen molar-refractivity contribution in [3.63, 3.8) is 0 Å². The van der Waals surface area contributed by atoms with Crippen molar-refractivity contribution in [2.75, 3.05) is 10.6 Å². The quantitative estimate of drug-likeness (QED) is 0.769. The highest BCUT2D eigenvalue weighted by Crippen LogP contribution is 2.07. The van der Waals surface area contributed by atoms with Crippen molar-refractivity contribution in [1.82, 2.24) is 10.1 Å². The molecule has 2 aromatic rings. The summed E-state index contributed by atoms with van der Waals surface area (Å²) in [7, 11) is 0. The second-order valence-electron chi connectivity index (χ2n) is 3.47. The van der Waals surface area contributed by atoms with E-state index >= 15 is 0 Å². The number of pyridine rings is 1. The Morgan fingerprint density at radius 2 is 2.06 bits per heavy atom. The summed E-state index contributed by atoms with van der Waals surface area (Å²) in [5.41, 5.74) is 0.439. The molecule has 0 saturated carbocycles. The van der Waals surface area contributed by atoms with Gasteiger partial charge in [-0.3, -0.25) is 19.9 Å². The van der Waals surface area contributed by atoms with Crippen LogP contribution in [0.3, 0.4) is 0 Å². The molecule has 2 amide bonds. The Kier molecular flexibility index (Phi) is 3.33. The number of nitrogens with one attached hydrogen (secondary N) is 2. The summed E-state index contributed by atoms with van der Waals surface area (Å²) in [5, 5.41) is 8.25. The second-order valence-corrected chi connectivity index (χ2v) is 3.47. The highest BCUT2D eigenvalue weighted by atomic mass is 16.5. The van der Waals surface area contributed by atoms with E-state index in [2.05, 4.69) is 20.8 Å². The summed E-state index contributed by atoms with van der Waals surface area (Å²) in [5.74, 6) is -0.896. The van der Waals surface area contributed by atoms with Gasteiger partial charge >= 0.3 is 11.8 Å². The van der Waals surface area contributed by atoms with Crippen molar-refractivity contribution in [3.8, 4) is 0 Å². The molecule has 2 heterocycles. The molecule has 18 heavy (non-hydrogen) atoms. The van der Waals surface area contributed by atoms with Gasteiger partial charge in [-0.2, -0.15) is 0 Å². The van der Waals surface area contributed by atoms with Crippen LogP contribution < -0.4 is 10.6 Å². The number of aromatic nitrogens is 2. The van der Waals surface area contributed by atoms with Crippen molar-refractivity contribution in [2.45, 2.75) is 6.92 Å². The summed E-state index contributed by atoms with van der Waals surface area (Å²) < 4.78 is 4.76. The van der Waals surface area contributed by atoms with Gasteiger partial charge in [0, 0.05) is 12.3 Å². The highest BCUT2D eigenvalue weighted by molar-refractivity contribution is 6.43. The van der Waals surface area contributed by atoms with Crippen LogP contribution in [0.2, 0.25) is 0 Å². The van der Waals surface area contributed by atoms with E-state index < -0.39 is 11.8 Å². The molecule has 0 saturated heterocycles. The summed E-state index contributed by atoms with van der Waals surface area (Å²) in [6.45, 7) is 1.68. The van der Waals surface area contributed by atoms with Crippen molar-refractivity contribution >= 4 is 23.3 Å². The van der Waals surface area contributed by atoms with Crippen molar-refractivity contribution < 1.29 is 14.1 Å². The van der Waals surface area contributed by atoms with Gasteiger partial charge in [-0.15, -0.1) is 0 Å². The second kappa shape index (κ2) is 5.09. The maximum Gasteiger partial charge on any atom is 0.315 e. The molecule has 92 valence electrons. The number of anilines is 2. The van der Waals surface area contributed by atoms with Crippen LogP contribution in [0.15, 0.2) is 35.1 Å². The van der Waals surface area contributed by atoms with Gasteiger partial charge in [0.15, 0.2) is 5.82 Å². The first-order valence-corrected chi connectivity index (χ1v) is 5.11. The van der Waals surface area contributed by atoms with Gasteiger partial charge in [0.2, 0.25) is 0 Å². The largest absolute Gasteiger partial charge is 0.360 e. The number of hydrogen-bond acceptors (Lipinski definition) is 5. The lowest BCUT2D eigenvalue weighted by Crippen LogP contribution is -2.29. The standard InChI is InChI=1S/C11H10N4O3/c1-7-5-9(15-18-7)14-11(17)10(16)13-8-3-2-4-12-6-8/h2-6H,1H3,(H,13,16)(H,14,15,17). The molecule has 2 rings (SSSR count). The number of aryl methyl sites for hydroxylation is 1. The number of rotatable bonds is 2. The molecule has 2 N–H and O–H groups in total. The van der Waals surface area contributed by atoms with Crippen LogP contribution >= 0.6 is 0 Å². The van der Waals surface area contributed by atoms with E-state index in [1.54, 1.807) is 25.3 Å². The fourth-order valence-electron chi connectivity index (χ4n) is 1.22. The first kappa shape index (κ1) is 11.8. The summed E-state index contributed by atoms with van der Waals surface area (Å²) in [6, 6.07) is 4.78. The zero-order valence-corrected chi connectivity index (χ0v) is 9.51. The summed E-state index contributed by atoms with van der Waals surface area (Å²) in [6.07, 6.45) is 3.00. The minimum absolute atomic E-state index is 0.193. The molecule has 2 aromatic heterocycles. The third-order valence-electron chi connectivity index (χ3n) is 2.00. The SMILES string of the molecule is Cc1cc(NC(=O)C(=O)Nc2cccnc2)no1. The average molecular weight is 246 g/mol. The van der Waals surface area contributed by atoms with Gasteiger partial charge in [-0.05, 0) is 19.1 Å². The van der Waals surface area contributed by atoms with E-state index in [0.29, 0.717) is 11.4 Å². The number of hydrogen-bond donors (Lipinski definition) is 2. The van der Waals surface area contributed by atoms with Gasteiger partial charge in [0.1, 0.15) is 5.76 Å². The number of carbonyl (C=O) groups excluding carboxylic acids is 2. The molecule has 0 fully saturated rings. The van der Waals surface area contributed by atoms with Crippen LogP contribution in [0.4, 0.5) is 11.5 Å². The maximum absolute atomic E-state index is 11.5. The molecular formula is C11H10N4O3. The molecule has 0 atom stereocenters. The molecule has 0 bridgehead atoms. The molecule has 7 heteroatoms. The Labute approximate surface area is 102 Å². The van der Waals surface area contributed by atoms with E-state index in [0.717, 1.165) is 0 Å². The first-order valence-electron chi connectivity index (χ1n) is 5.11. The summed E-state index contributed by atoms with van der Waals surface area (Å²) in [4.78, 5) is 26.8. The zero-order valence-electron chi connectivity index (χ0n) is 9.51. The van der Waals surface area contributed by atoms with Gasteiger partial charge < -0.3 is 9.84 Å². The van der Waals surface area contributed by atoms with E-state index in [1.165, 1.54) is 12.3 Å².